The van der Waals surface area contributed by atoms with Gasteiger partial charge in [-0.05, 0) is 63.1 Å². The van der Waals surface area contributed by atoms with E-state index in [1.807, 2.05) is 13.8 Å². The molecule has 12 heteroatoms. The van der Waals surface area contributed by atoms with Gasteiger partial charge in [0.25, 0.3) is 5.91 Å². The number of halogens is 3. The van der Waals surface area contributed by atoms with Gasteiger partial charge in [-0.15, -0.1) is 0 Å². The predicted octanol–water partition coefficient (Wildman–Crippen LogP) is 5.21. The minimum atomic E-state index is -4.72. The van der Waals surface area contributed by atoms with E-state index in [4.69, 9.17) is 14.2 Å². The summed E-state index contributed by atoms with van der Waals surface area (Å²) in [4.78, 5) is 21.7. The zero-order chi connectivity index (χ0) is 27.9. The molecule has 0 spiro atoms. The van der Waals surface area contributed by atoms with Crippen LogP contribution in [0.15, 0.2) is 48.8 Å². The second kappa shape index (κ2) is 9.93. The number of nitrogens with zero attached hydrogens (tertiary/aromatic N) is 4. The van der Waals surface area contributed by atoms with E-state index in [0.717, 1.165) is 0 Å². The Bertz CT molecular complexity index is 1550. The standard InChI is InChI=1S/C27H26F3N5O4/c1-15-16(2)24(27(28,29)30)20(34-25(36)21-12-31-22-8-6-10-32-35(21)22)11-18(15)19-7-5-9-23(33-19)37-13-17-14-38-26(3,4)39-17/h5-12,17H,13-14H2,1-4H3,(H,34,36). The molecule has 0 saturated carbocycles. The van der Waals surface area contributed by atoms with Crippen LogP contribution in [0, 0.1) is 13.8 Å². The van der Waals surface area contributed by atoms with Crippen molar-refractivity contribution < 1.29 is 32.2 Å². The number of aromatic nitrogens is 4. The topological polar surface area (TPSA) is 99.9 Å². The number of ether oxygens (including phenoxy) is 3. The molecule has 1 N–H and O–H groups in total. The first-order valence-electron chi connectivity index (χ1n) is 12.2. The normalized spacial score (nSPS) is 16.9. The van der Waals surface area contributed by atoms with Crippen LogP contribution in [0.25, 0.3) is 16.9 Å². The summed E-state index contributed by atoms with van der Waals surface area (Å²) in [5, 5.41) is 6.49. The monoisotopic (exact) mass is 541 g/mol. The Balaban J connectivity index is 1.48. The van der Waals surface area contributed by atoms with Crippen LogP contribution in [0.1, 0.15) is 41.0 Å². The van der Waals surface area contributed by atoms with Crippen molar-refractivity contribution in [3.05, 3.63) is 71.2 Å². The molecule has 3 aromatic heterocycles. The molecular formula is C27H26F3N5O4. The van der Waals surface area contributed by atoms with E-state index in [-0.39, 0.29) is 29.8 Å². The third-order valence-electron chi connectivity index (χ3n) is 6.43. The molecule has 4 heterocycles. The van der Waals surface area contributed by atoms with Gasteiger partial charge in [0.05, 0.1) is 29.7 Å². The molecule has 204 valence electrons. The first kappa shape index (κ1) is 26.6. The second-order valence-corrected chi connectivity index (χ2v) is 9.61. The number of pyridine rings is 1. The molecule has 9 nitrogen and oxygen atoms in total. The molecule has 1 aliphatic heterocycles. The number of hydrogen-bond acceptors (Lipinski definition) is 7. The zero-order valence-corrected chi connectivity index (χ0v) is 21.7. The van der Waals surface area contributed by atoms with Crippen molar-refractivity contribution in [1.82, 2.24) is 19.6 Å². The molecule has 5 rings (SSSR count). The first-order chi connectivity index (χ1) is 18.4. The maximum atomic E-state index is 14.2. The van der Waals surface area contributed by atoms with Crippen LogP contribution in [0.4, 0.5) is 18.9 Å². The van der Waals surface area contributed by atoms with Gasteiger partial charge in [-0.2, -0.15) is 18.3 Å². The number of carbonyl (C=O) groups is 1. The minimum absolute atomic E-state index is 0.00619. The van der Waals surface area contributed by atoms with Crippen LogP contribution in [0.3, 0.4) is 0 Å². The van der Waals surface area contributed by atoms with Crippen molar-refractivity contribution in [2.75, 3.05) is 18.5 Å². The van der Waals surface area contributed by atoms with E-state index in [2.05, 4.69) is 20.4 Å². The van der Waals surface area contributed by atoms with E-state index in [0.29, 0.717) is 29.1 Å². The van der Waals surface area contributed by atoms with Crippen LogP contribution in [-0.2, 0) is 15.7 Å². The van der Waals surface area contributed by atoms with Crippen molar-refractivity contribution in [1.29, 1.82) is 0 Å². The summed E-state index contributed by atoms with van der Waals surface area (Å²) in [5.74, 6) is -1.20. The summed E-state index contributed by atoms with van der Waals surface area (Å²) in [5.41, 5.74) is 0.188. The quantitative estimate of drug-likeness (QED) is 0.358. The molecule has 1 aliphatic rings. The van der Waals surface area contributed by atoms with Gasteiger partial charge in [-0.1, -0.05) is 6.07 Å². The molecule has 1 unspecified atom stereocenters. The number of amides is 1. The number of hydrogen-bond donors (Lipinski definition) is 1. The summed E-state index contributed by atoms with van der Waals surface area (Å²) < 4.78 is 60.9. The van der Waals surface area contributed by atoms with Crippen LogP contribution >= 0.6 is 0 Å². The number of nitrogens with one attached hydrogen (secondary N) is 1. The lowest BCUT2D eigenvalue weighted by Gasteiger charge is -2.21. The van der Waals surface area contributed by atoms with E-state index in [1.165, 1.54) is 29.9 Å². The number of alkyl halides is 3. The summed E-state index contributed by atoms with van der Waals surface area (Å²) in [6.07, 6.45) is -2.29. The smallest absolute Gasteiger partial charge is 0.418 e. The molecule has 1 amide bonds. The second-order valence-electron chi connectivity index (χ2n) is 9.61. The summed E-state index contributed by atoms with van der Waals surface area (Å²) >= 11 is 0. The number of fused-ring (bicyclic) bond motifs is 1. The maximum Gasteiger partial charge on any atom is 0.418 e. The fourth-order valence-corrected chi connectivity index (χ4v) is 4.49. The Hall–Kier alpha value is -4.03. The van der Waals surface area contributed by atoms with Crippen LogP contribution in [-0.4, -0.2) is 50.6 Å². The molecule has 0 bridgehead atoms. The molecule has 1 fully saturated rings. The molecule has 4 aromatic rings. The first-order valence-corrected chi connectivity index (χ1v) is 12.2. The highest BCUT2D eigenvalue weighted by Crippen LogP contribution is 2.42. The Kier molecular flexibility index (Phi) is 6.77. The van der Waals surface area contributed by atoms with Crippen LogP contribution < -0.4 is 10.1 Å². The molecule has 39 heavy (non-hydrogen) atoms. The molecule has 0 aliphatic carbocycles. The van der Waals surface area contributed by atoms with Crippen molar-refractivity contribution >= 4 is 17.2 Å². The van der Waals surface area contributed by atoms with E-state index in [1.54, 1.807) is 37.3 Å². The van der Waals surface area contributed by atoms with E-state index >= 15 is 0 Å². The van der Waals surface area contributed by atoms with Gasteiger partial charge in [0, 0.05) is 17.8 Å². The zero-order valence-electron chi connectivity index (χ0n) is 21.7. The Morgan fingerprint density at radius 1 is 1.21 bits per heavy atom. The Morgan fingerprint density at radius 2 is 2.00 bits per heavy atom. The fraction of sp³-hybridized carbons (Fsp3) is 0.333. The van der Waals surface area contributed by atoms with Gasteiger partial charge in [0.15, 0.2) is 17.1 Å². The van der Waals surface area contributed by atoms with E-state index < -0.39 is 29.1 Å². The molecular weight excluding hydrogens is 515 g/mol. The third-order valence-corrected chi connectivity index (χ3v) is 6.43. The maximum absolute atomic E-state index is 14.2. The largest absolute Gasteiger partial charge is 0.475 e. The minimum Gasteiger partial charge on any atom is -0.475 e. The number of benzene rings is 1. The fourth-order valence-electron chi connectivity index (χ4n) is 4.49. The Labute approximate surface area is 221 Å². The van der Waals surface area contributed by atoms with Gasteiger partial charge < -0.3 is 19.5 Å². The highest BCUT2D eigenvalue weighted by Gasteiger charge is 2.38. The number of carbonyl (C=O) groups excluding carboxylic acids is 1. The van der Waals surface area contributed by atoms with Crippen molar-refractivity contribution in [3.8, 4) is 17.1 Å². The predicted molar refractivity (Wildman–Crippen MR) is 135 cm³/mol. The van der Waals surface area contributed by atoms with Crippen LogP contribution in [0.5, 0.6) is 5.88 Å². The lowest BCUT2D eigenvalue weighted by atomic mass is 9.93. The lowest BCUT2D eigenvalue weighted by molar-refractivity contribution is -0.141. The lowest BCUT2D eigenvalue weighted by Crippen LogP contribution is -2.25. The summed E-state index contributed by atoms with van der Waals surface area (Å²) in [6, 6.07) is 9.57. The molecule has 1 saturated heterocycles. The molecule has 0 radical (unpaired) electrons. The number of anilines is 1. The summed E-state index contributed by atoms with van der Waals surface area (Å²) in [7, 11) is 0. The van der Waals surface area contributed by atoms with Crippen molar-refractivity contribution in [3.63, 3.8) is 0 Å². The van der Waals surface area contributed by atoms with Gasteiger partial charge in [0.1, 0.15) is 12.7 Å². The van der Waals surface area contributed by atoms with Gasteiger partial charge >= 0.3 is 6.18 Å². The van der Waals surface area contributed by atoms with E-state index in [9.17, 15) is 18.0 Å². The number of imidazole rings is 1. The summed E-state index contributed by atoms with van der Waals surface area (Å²) in [6.45, 7) is 7.13. The average Bonchev–Trinajstić information content (AvgIpc) is 3.47. The highest BCUT2D eigenvalue weighted by molar-refractivity contribution is 6.04. The van der Waals surface area contributed by atoms with Crippen LogP contribution in [0.2, 0.25) is 0 Å². The highest BCUT2D eigenvalue weighted by atomic mass is 19.4. The number of rotatable bonds is 6. The molecule has 1 atom stereocenters. The van der Waals surface area contributed by atoms with Gasteiger partial charge in [-0.25, -0.2) is 14.5 Å². The average molecular weight is 542 g/mol. The molecule has 1 aromatic carbocycles. The Morgan fingerprint density at radius 3 is 2.72 bits per heavy atom. The SMILES string of the molecule is Cc1c(-c2cccc(OCC3COC(C)(C)O3)n2)cc(NC(=O)c2cnc3cccnn23)c(C(F)(F)F)c1C. The third kappa shape index (κ3) is 5.43. The van der Waals surface area contributed by atoms with Crippen molar-refractivity contribution in [2.45, 2.75) is 45.8 Å². The van der Waals surface area contributed by atoms with Crippen molar-refractivity contribution in [2.24, 2.45) is 0 Å². The van der Waals surface area contributed by atoms with Gasteiger partial charge in [0.2, 0.25) is 5.88 Å². The van der Waals surface area contributed by atoms with Gasteiger partial charge in [-0.3, -0.25) is 4.79 Å².